The molecule has 0 unspecified atom stereocenters. The normalized spacial score (nSPS) is 10.6. The van der Waals surface area contributed by atoms with Crippen molar-refractivity contribution in [3.05, 3.63) is 23.5 Å². The van der Waals surface area contributed by atoms with Crippen molar-refractivity contribution >= 4 is 11.8 Å². The van der Waals surface area contributed by atoms with Crippen LogP contribution in [0.3, 0.4) is 0 Å². The maximum Gasteiger partial charge on any atom is 0.0856 e. The van der Waals surface area contributed by atoms with Crippen LogP contribution in [0.25, 0.3) is 0 Å². The highest BCUT2D eigenvalue weighted by Gasteiger charge is 2.04. The summed E-state index contributed by atoms with van der Waals surface area (Å²) >= 11 is 1.75. The first-order valence-electron chi connectivity index (χ1n) is 5.08. The van der Waals surface area contributed by atoms with Crippen LogP contribution in [0.1, 0.15) is 24.1 Å². The highest BCUT2D eigenvalue weighted by molar-refractivity contribution is 7.99. The number of nitrogens with zero attached hydrogens (tertiary/aromatic N) is 1. The van der Waals surface area contributed by atoms with Gasteiger partial charge >= 0.3 is 0 Å². The number of aliphatic hydroxyl groups is 2. The second-order valence-corrected chi connectivity index (χ2v) is 4.45. The van der Waals surface area contributed by atoms with Gasteiger partial charge in [-0.05, 0) is 37.1 Å². The summed E-state index contributed by atoms with van der Waals surface area (Å²) in [7, 11) is 0. The maximum atomic E-state index is 9.05. The van der Waals surface area contributed by atoms with E-state index < -0.39 is 0 Å². The molecule has 0 bridgehead atoms. The first-order valence-corrected chi connectivity index (χ1v) is 6.07. The Morgan fingerprint density at radius 1 is 1.33 bits per heavy atom. The predicted octanol–water partition coefficient (Wildman–Crippen LogP) is 1.75. The summed E-state index contributed by atoms with van der Waals surface area (Å²) in [6.45, 7) is 2.24. The Kier molecular flexibility index (Phi) is 5.68. The van der Waals surface area contributed by atoms with E-state index >= 15 is 0 Å². The molecule has 0 atom stereocenters. The lowest BCUT2D eigenvalue weighted by molar-refractivity contribution is 0.275. The van der Waals surface area contributed by atoms with Gasteiger partial charge in [0.15, 0.2) is 0 Å². The zero-order valence-electron chi connectivity index (χ0n) is 8.94. The fourth-order valence-corrected chi connectivity index (χ4v) is 2.33. The van der Waals surface area contributed by atoms with E-state index in [0.717, 1.165) is 29.9 Å². The Balaban J connectivity index is 2.53. The van der Waals surface area contributed by atoms with E-state index in [0.29, 0.717) is 0 Å². The summed E-state index contributed by atoms with van der Waals surface area (Å²) < 4.78 is 0. The third-order valence-corrected chi connectivity index (χ3v) is 3.46. The molecule has 1 aromatic heterocycles. The maximum absolute atomic E-state index is 9.05. The third kappa shape index (κ3) is 3.81. The molecule has 1 heterocycles. The molecular weight excluding hydrogens is 210 g/mol. The molecule has 4 heteroatoms. The number of aromatic nitrogens is 1. The van der Waals surface area contributed by atoms with Gasteiger partial charge in [0.25, 0.3) is 0 Å². The molecule has 0 aromatic carbocycles. The van der Waals surface area contributed by atoms with Crippen molar-refractivity contribution in [1.29, 1.82) is 0 Å². The van der Waals surface area contributed by atoms with Crippen LogP contribution in [0.2, 0.25) is 0 Å². The van der Waals surface area contributed by atoms with E-state index in [1.165, 1.54) is 4.90 Å². The van der Waals surface area contributed by atoms with Crippen molar-refractivity contribution in [1.82, 2.24) is 4.98 Å². The van der Waals surface area contributed by atoms with Crippen LogP contribution in [-0.4, -0.2) is 27.6 Å². The van der Waals surface area contributed by atoms with Crippen molar-refractivity contribution in [2.75, 3.05) is 12.4 Å². The number of hydrogen-bond donors (Lipinski definition) is 2. The Bertz CT molecular complexity index is 305. The van der Waals surface area contributed by atoms with E-state index in [4.69, 9.17) is 10.2 Å². The van der Waals surface area contributed by atoms with E-state index in [1.807, 2.05) is 13.0 Å². The summed E-state index contributed by atoms with van der Waals surface area (Å²) in [5, 5.41) is 17.7. The highest BCUT2D eigenvalue weighted by atomic mass is 32.2. The van der Waals surface area contributed by atoms with Crippen molar-refractivity contribution in [2.24, 2.45) is 0 Å². The van der Waals surface area contributed by atoms with Gasteiger partial charge in [-0.25, -0.2) is 0 Å². The molecule has 1 rings (SSSR count). The number of aliphatic hydroxyl groups excluding tert-OH is 2. The number of hydrogen-bond acceptors (Lipinski definition) is 4. The zero-order valence-corrected chi connectivity index (χ0v) is 9.76. The Hall–Kier alpha value is -0.580. The second-order valence-electron chi connectivity index (χ2n) is 3.32. The largest absolute Gasteiger partial charge is 0.396 e. The van der Waals surface area contributed by atoms with Crippen LogP contribution in [0.5, 0.6) is 0 Å². The van der Waals surface area contributed by atoms with Gasteiger partial charge in [-0.2, -0.15) is 0 Å². The molecule has 0 spiro atoms. The van der Waals surface area contributed by atoms with Gasteiger partial charge in [-0.15, -0.1) is 11.8 Å². The Morgan fingerprint density at radius 3 is 2.80 bits per heavy atom. The van der Waals surface area contributed by atoms with Gasteiger partial charge in [0, 0.05) is 17.7 Å². The molecule has 0 aliphatic carbocycles. The van der Waals surface area contributed by atoms with Gasteiger partial charge < -0.3 is 10.2 Å². The monoisotopic (exact) mass is 227 g/mol. The van der Waals surface area contributed by atoms with Crippen LogP contribution in [0.4, 0.5) is 0 Å². The second kappa shape index (κ2) is 6.82. The van der Waals surface area contributed by atoms with Gasteiger partial charge in [-0.3, -0.25) is 4.98 Å². The lowest BCUT2D eigenvalue weighted by Gasteiger charge is -2.07. The fraction of sp³-hybridized carbons (Fsp3) is 0.545. The number of rotatable bonds is 6. The molecule has 2 N–H and O–H groups in total. The third-order valence-electron chi connectivity index (χ3n) is 2.22. The topological polar surface area (TPSA) is 53.4 Å². The molecule has 0 radical (unpaired) electrons. The minimum absolute atomic E-state index is 0.00310. The van der Waals surface area contributed by atoms with Crippen molar-refractivity contribution in [2.45, 2.75) is 31.3 Å². The van der Waals surface area contributed by atoms with Crippen molar-refractivity contribution in [3.63, 3.8) is 0 Å². The molecule has 0 saturated carbocycles. The lowest BCUT2D eigenvalue weighted by atomic mass is 10.2. The molecule has 0 saturated heterocycles. The molecule has 84 valence electrons. The minimum atomic E-state index is -0.00310. The molecular formula is C11H17NO2S. The van der Waals surface area contributed by atoms with Crippen molar-refractivity contribution < 1.29 is 10.2 Å². The summed E-state index contributed by atoms with van der Waals surface area (Å²) in [5.41, 5.74) is 1.82. The zero-order chi connectivity index (χ0) is 11.1. The SMILES string of the molecule is Cc1c(SCCCCO)ccnc1CO. The standard InChI is InChI=1S/C11H17NO2S/c1-9-10(8-14)12-5-4-11(9)15-7-3-2-6-13/h4-5,13-14H,2-3,6-8H2,1H3. The molecule has 15 heavy (non-hydrogen) atoms. The van der Waals surface area contributed by atoms with Crippen LogP contribution in [-0.2, 0) is 6.61 Å². The number of thioether (sulfide) groups is 1. The smallest absolute Gasteiger partial charge is 0.0856 e. The van der Waals surface area contributed by atoms with E-state index in [1.54, 1.807) is 18.0 Å². The molecule has 0 fully saturated rings. The van der Waals surface area contributed by atoms with E-state index in [9.17, 15) is 0 Å². The minimum Gasteiger partial charge on any atom is -0.396 e. The van der Waals surface area contributed by atoms with E-state index in [2.05, 4.69) is 4.98 Å². The summed E-state index contributed by atoms with van der Waals surface area (Å²) in [6, 6.07) is 1.97. The van der Waals surface area contributed by atoms with Gasteiger partial charge in [0.2, 0.25) is 0 Å². The highest BCUT2D eigenvalue weighted by Crippen LogP contribution is 2.24. The number of unbranched alkanes of at least 4 members (excludes halogenated alkanes) is 1. The van der Waals surface area contributed by atoms with Crippen LogP contribution < -0.4 is 0 Å². The summed E-state index contributed by atoms with van der Waals surface area (Å²) in [4.78, 5) is 5.27. The fourth-order valence-electron chi connectivity index (χ4n) is 1.27. The van der Waals surface area contributed by atoms with Gasteiger partial charge in [0.05, 0.1) is 12.3 Å². The van der Waals surface area contributed by atoms with Crippen molar-refractivity contribution in [3.8, 4) is 0 Å². The lowest BCUT2D eigenvalue weighted by Crippen LogP contribution is -1.95. The first-order chi connectivity index (χ1) is 7.29. The summed E-state index contributed by atoms with van der Waals surface area (Å²) in [5.74, 6) is 0.996. The molecule has 0 aliphatic heterocycles. The Morgan fingerprint density at radius 2 is 2.13 bits per heavy atom. The van der Waals surface area contributed by atoms with Crippen LogP contribution in [0.15, 0.2) is 17.2 Å². The van der Waals surface area contributed by atoms with Gasteiger partial charge in [-0.1, -0.05) is 0 Å². The summed E-state index contributed by atoms with van der Waals surface area (Å²) in [6.07, 6.45) is 3.59. The first kappa shape index (κ1) is 12.5. The quantitative estimate of drug-likeness (QED) is 0.574. The average molecular weight is 227 g/mol. The predicted molar refractivity (Wildman–Crippen MR) is 61.9 cm³/mol. The average Bonchev–Trinajstić information content (AvgIpc) is 2.26. The Labute approximate surface area is 94.6 Å². The molecule has 1 aromatic rings. The van der Waals surface area contributed by atoms with Gasteiger partial charge in [0.1, 0.15) is 0 Å². The molecule has 0 amide bonds. The van der Waals surface area contributed by atoms with Crippen LogP contribution >= 0.6 is 11.8 Å². The number of pyridine rings is 1. The van der Waals surface area contributed by atoms with E-state index in [-0.39, 0.29) is 13.2 Å². The van der Waals surface area contributed by atoms with Crippen LogP contribution in [0, 0.1) is 6.92 Å². The molecule has 3 nitrogen and oxygen atoms in total. The molecule has 0 aliphatic rings.